The Morgan fingerprint density at radius 2 is 1.39 bits per heavy atom. The van der Waals surface area contributed by atoms with Crippen molar-refractivity contribution in [1.29, 1.82) is 0 Å². The normalized spacial score (nSPS) is 20.4. The minimum absolute atomic E-state index is 0.170. The van der Waals surface area contributed by atoms with Crippen LogP contribution in [0.2, 0.25) is 0 Å². The molecular formula is C21H26FN3O2S. The highest BCUT2D eigenvalue weighted by molar-refractivity contribution is 7.89. The molecule has 0 atom stereocenters. The Morgan fingerprint density at radius 3 is 2.00 bits per heavy atom. The van der Waals surface area contributed by atoms with Gasteiger partial charge in [-0.25, -0.2) is 12.8 Å². The van der Waals surface area contributed by atoms with Crippen LogP contribution in [-0.4, -0.2) is 62.9 Å². The highest BCUT2D eigenvalue weighted by atomic mass is 32.2. The maximum absolute atomic E-state index is 13.1. The summed E-state index contributed by atoms with van der Waals surface area (Å²) in [6.45, 7) is 5.04. The van der Waals surface area contributed by atoms with Crippen LogP contribution in [0.25, 0.3) is 0 Å². The molecule has 0 unspecified atom stereocenters. The monoisotopic (exact) mass is 403 g/mol. The third kappa shape index (κ3) is 4.06. The molecule has 28 heavy (non-hydrogen) atoms. The second kappa shape index (κ2) is 8.19. The fourth-order valence-corrected chi connectivity index (χ4v) is 5.66. The zero-order valence-electron chi connectivity index (χ0n) is 15.9. The standard InChI is InChI=1S/C21H26FN3O2S/c22-18-6-8-21(9-7-18)28(26,27)25-12-10-20(11-13-25)24-16-14-23(15-17-24)19-4-2-1-3-5-19/h1-9,20H,10-17H2. The van der Waals surface area contributed by atoms with Crippen molar-refractivity contribution < 1.29 is 12.8 Å². The largest absolute Gasteiger partial charge is 0.369 e. The number of piperidine rings is 1. The number of nitrogens with zero attached hydrogens (tertiary/aromatic N) is 3. The van der Waals surface area contributed by atoms with Crippen LogP contribution in [0, 0.1) is 5.82 Å². The molecule has 2 aromatic rings. The lowest BCUT2D eigenvalue weighted by molar-refractivity contribution is 0.132. The van der Waals surface area contributed by atoms with E-state index in [1.165, 1.54) is 34.3 Å². The van der Waals surface area contributed by atoms with Gasteiger partial charge in [0, 0.05) is 51.0 Å². The Hall–Kier alpha value is -1.96. The van der Waals surface area contributed by atoms with Gasteiger partial charge in [-0.15, -0.1) is 0 Å². The molecule has 0 N–H and O–H groups in total. The maximum atomic E-state index is 13.1. The Morgan fingerprint density at radius 1 is 0.786 bits per heavy atom. The van der Waals surface area contributed by atoms with E-state index in [2.05, 4.69) is 34.1 Å². The number of para-hydroxylation sites is 1. The molecule has 2 aliphatic heterocycles. The number of piperazine rings is 1. The van der Waals surface area contributed by atoms with Crippen LogP contribution in [0.5, 0.6) is 0 Å². The molecule has 2 fully saturated rings. The zero-order valence-corrected chi connectivity index (χ0v) is 16.7. The first kappa shape index (κ1) is 19.4. The van der Waals surface area contributed by atoms with Crippen LogP contribution in [0.15, 0.2) is 59.5 Å². The molecule has 150 valence electrons. The van der Waals surface area contributed by atoms with Gasteiger partial charge in [0.05, 0.1) is 4.90 Å². The minimum Gasteiger partial charge on any atom is -0.369 e. The lowest BCUT2D eigenvalue weighted by atomic mass is 10.0. The second-order valence-electron chi connectivity index (χ2n) is 7.45. The Balaban J connectivity index is 1.32. The van der Waals surface area contributed by atoms with E-state index in [1.807, 2.05) is 6.07 Å². The van der Waals surface area contributed by atoms with Crippen LogP contribution in [0.3, 0.4) is 0 Å². The molecular weight excluding hydrogens is 377 g/mol. The predicted molar refractivity (Wildman–Crippen MR) is 108 cm³/mol. The number of anilines is 1. The summed E-state index contributed by atoms with van der Waals surface area (Å²) in [7, 11) is -3.54. The smallest absolute Gasteiger partial charge is 0.243 e. The van der Waals surface area contributed by atoms with Gasteiger partial charge in [-0.2, -0.15) is 4.31 Å². The fourth-order valence-electron chi connectivity index (χ4n) is 4.19. The topological polar surface area (TPSA) is 43.9 Å². The van der Waals surface area contributed by atoms with Crippen molar-refractivity contribution in [3.63, 3.8) is 0 Å². The molecule has 0 radical (unpaired) electrons. The highest BCUT2D eigenvalue weighted by Crippen LogP contribution is 2.25. The fraction of sp³-hybridized carbons (Fsp3) is 0.429. The van der Waals surface area contributed by atoms with Gasteiger partial charge in [-0.05, 0) is 49.2 Å². The van der Waals surface area contributed by atoms with E-state index >= 15 is 0 Å². The lowest BCUT2D eigenvalue weighted by Crippen LogP contribution is -2.53. The average molecular weight is 404 g/mol. The van der Waals surface area contributed by atoms with Crippen molar-refractivity contribution in [2.75, 3.05) is 44.2 Å². The molecule has 0 aromatic heterocycles. The number of halogens is 1. The molecule has 0 aliphatic carbocycles. The van der Waals surface area contributed by atoms with Crippen LogP contribution >= 0.6 is 0 Å². The molecule has 2 aromatic carbocycles. The first-order valence-corrected chi connectivity index (χ1v) is 11.3. The van der Waals surface area contributed by atoms with E-state index in [4.69, 9.17) is 0 Å². The number of sulfonamides is 1. The van der Waals surface area contributed by atoms with Crippen molar-refractivity contribution >= 4 is 15.7 Å². The van der Waals surface area contributed by atoms with Crippen molar-refractivity contribution in [3.8, 4) is 0 Å². The third-order valence-electron chi connectivity index (χ3n) is 5.83. The minimum atomic E-state index is -3.54. The molecule has 0 spiro atoms. The number of benzene rings is 2. The van der Waals surface area contributed by atoms with Crippen molar-refractivity contribution in [3.05, 3.63) is 60.4 Å². The highest BCUT2D eigenvalue weighted by Gasteiger charge is 2.32. The number of rotatable bonds is 4. The van der Waals surface area contributed by atoms with E-state index in [9.17, 15) is 12.8 Å². The Bertz CT molecular complexity index is 874. The zero-order chi connectivity index (χ0) is 19.6. The summed E-state index contributed by atoms with van der Waals surface area (Å²) in [5.41, 5.74) is 1.27. The Labute approximate surface area is 166 Å². The predicted octanol–water partition coefficient (Wildman–Crippen LogP) is 2.80. The molecule has 2 saturated heterocycles. The number of hydrogen-bond acceptors (Lipinski definition) is 4. The number of hydrogen-bond donors (Lipinski definition) is 0. The summed E-state index contributed by atoms with van der Waals surface area (Å²) in [6, 6.07) is 16.0. The molecule has 4 rings (SSSR count). The molecule has 2 heterocycles. The van der Waals surface area contributed by atoms with Crippen LogP contribution in [0.1, 0.15) is 12.8 Å². The van der Waals surface area contributed by atoms with Crippen molar-refractivity contribution in [2.24, 2.45) is 0 Å². The van der Waals surface area contributed by atoms with E-state index in [-0.39, 0.29) is 4.90 Å². The lowest BCUT2D eigenvalue weighted by Gasteiger charge is -2.43. The summed E-state index contributed by atoms with van der Waals surface area (Å²) < 4.78 is 40.2. The summed E-state index contributed by atoms with van der Waals surface area (Å²) in [4.78, 5) is 5.08. The summed E-state index contributed by atoms with van der Waals surface area (Å²) >= 11 is 0. The van der Waals surface area contributed by atoms with E-state index in [0.717, 1.165) is 39.0 Å². The van der Waals surface area contributed by atoms with Gasteiger partial charge in [0.2, 0.25) is 10.0 Å². The van der Waals surface area contributed by atoms with Crippen LogP contribution in [-0.2, 0) is 10.0 Å². The SMILES string of the molecule is O=S(=O)(c1ccc(F)cc1)N1CCC(N2CCN(c3ccccc3)CC2)CC1. The molecule has 2 aliphatic rings. The van der Waals surface area contributed by atoms with E-state index in [1.54, 1.807) is 0 Å². The van der Waals surface area contributed by atoms with Crippen LogP contribution in [0.4, 0.5) is 10.1 Å². The van der Waals surface area contributed by atoms with Gasteiger partial charge in [0.25, 0.3) is 0 Å². The molecule has 0 saturated carbocycles. The van der Waals surface area contributed by atoms with E-state index < -0.39 is 15.8 Å². The van der Waals surface area contributed by atoms with Gasteiger partial charge in [0.1, 0.15) is 5.82 Å². The van der Waals surface area contributed by atoms with E-state index in [0.29, 0.717) is 19.1 Å². The van der Waals surface area contributed by atoms with Crippen molar-refractivity contribution in [1.82, 2.24) is 9.21 Å². The summed E-state index contributed by atoms with van der Waals surface area (Å²) in [5.74, 6) is -0.424. The molecule has 0 amide bonds. The third-order valence-corrected chi connectivity index (χ3v) is 7.74. The molecule has 7 heteroatoms. The first-order valence-electron chi connectivity index (χ1n) is 9.84. The molecule has 0 bridgehead atoms. The maximum Gasteiger partial charge on any atom is 0.243 e. The summed E-state index contributed by atoms with van der Waals surface area (Å²) in [6.07, 6.45) is 1.68. The van der Waals surface area contributed by atoms with Crippen molar-refractivity contribution in [2.45, 2.75) is 23.8 Å². The second-order valence-corrected chi connectivity index (χ2v) is 9.39. The van der Waals surface area contributed by atoms with Crippen LogP contribution < -0.4 is 4.90 Å². The average Bonchev–Trinajstić information content (AvgIpc) is 2.75. The first-order chi connectivity index (χ1) is 13.5. The molecule has 5 nitrogen and oxygen atoms in total. The summed E-state index contributed by atoms with van der Waals surface area (Å²) in [5, 5.41) is 0. The van der Waals surface area contributed by atoms with Gasteiger partial charge in [0.15, 0.2) is 0 Å². The quantitative estimate of drug-likeness (QED) is 0.788. The van der Waals surface area contributed by atoms with Gasteiger partial charge in [-0.3, -0.25) is 4.90 Å². The van der Waals surface area contributed by atoms with Gasteiger partial charge >= 0.3 is 0 Å². The van der Waals surface area contributed by atoms with Gasteiger partial charge in [-0.1, -0.05) is 18.2 Å². The van der Waals surface area contributed by atoms with Gasteiger partial charge < -0.3 is 4.90 Å². The Kier molecular flexibility index (Phi) is 5.66.